The molecule has 3 rings (SSSR count). The smallest absolute Gasteiger partial charge is 0.261 e. The maximum absolute atomic E-state index is 12.9. The Hall–Kier alpha value is -1.89. The van der Waals surface area contributed by atoms with Gasteiger partial charge in [0.2, 0.25) is 10.0 Å². The van der Waals surface area contributed by atoms with Crippen LogP contribution >= 0.6 is 24.0 Å². The Bertz CT molecular complexity index is 1170. The molecule has 1 aliphatic rings. The molecule has 2 unspecified atom stereocenters. The van der Waals surface area contributed by atoms with E-state index in [1.54, 1.807) is 24.3 Å². The number of rotatable bonds is 7. The Morgan fingerprint density at radius 1 is 1.09 bits per heavy atom. The third-order valence-corrected chi connectivity index (χ3v) is 8.63. The van der Waals surface area contributed by atoms with Crippen molar-refractivity contribution in [1.82, 2.24) is 9.79 Å². The molecule has 0 aliphatic carbocycles. The summed E-state index contributed by atoms with van der Waals surface area (Å²) in [7, 11) is -7.39. The molecule has 33 heavy (non-hydrogen) atoms. The lowest BCUT2D eigenvalue weighted by atomic mass is 9.94. The second-order valence-electron chi connectivity index (χ2n) is 7.56. The molecule has 0 spiro atoms. The molecule has 2 aromatic rings. The number of halogens is 2. The van der Waals surface area contributed by atoms with Gasteiger partial charge in [0.25, 0.3) is 5.91 Å². The van der Waals surface area contributed by atoms with Crippen LogP contribution in [0.4, 0.5) is 0 Å². The molecule has 2 N–H and O–H groups in total. The molecule has 1 aliphatic heterocycles. The first-order valence-electron chi connectivity index (χ1n) is 9.66. The SMILES string of the molecule is CS(=O)(=O)N1CCC(CS(=O)(=O)c2ccc(Oc3ccc(Cl)cc3)cc2)CC1C(=O)NO.Cl. The standard InChI is InChI=1S/C20H23ClN2O7S2.ClH/c1-31(26,27)23-11-10-14(12-19(23)20(24)22-25)13-32(28,29)18-8-6-17(7-9-18)30-16-4-2-15(21)3-5-16;/h2-9,14,19,25H,10-13H2,1H3,(H,22,24);1H. The van der Waals surface area contributed by atoms with Gasteiger partial charge in [0.15, 0.2) is 9.84 Å². The van der Waals surface area contributed by atoms with Crippen molar-refractivity contribution in [1.29, 1.82) is 0 Å². The Kier molecular flexibility index (Phi) is 9.14. The average molecular weight is 539 g/mol. The summed E-state index contributed by atoms with van der Waals surface area (Å²) in [6.45, 7) is -0.00895. The summed E-state index contributed by atoms with van der Waals surface area (Å²) in [6.07, 6.45) is 1.23. The van der Waals surface area contributed by atoms with E-state index in [4.69, 9.17) is 21.5 Å². The summed E-state index contributed by atoms with van der Waals surface area (Å²) in [6, 6.07) is 11.5. The Labute approximate surface area is 204 Å². The van der Waals surface area contributed by atoms with Gasteiger partial charge in [0, 0.05) is 11.6 Å². The topological polar surface area (TPSA) is 130 Å². The van der Waals surface area contributed by atoms with Crippen molar-refractivity contribution in [3.63, 3.8) is 0 Å². The number of piperidine rings is 1. The molecule has 13 heteroatoms. The fourth-order valence-electron chi connectivity index (χ4n) is 3.64. The van der Waals surface area contributed by atoms with Crippen LogP contribution in [0.2, 0.25) is 5.02 Å². The van der Waals surface area contributed by atoms with Crippen LogP contribution in [-0.4, -0.2) is 56.9 Å². The monoisotopic (exact) mass is 538 g/mol. The zero-order chi connectivity index (χ0) is 23.5. The lowest BCUT2D eigenvalue weighted by molar-refractivity contribution is -0.134. The molecular weight excluding hydrogens is 515 g/mol. The minimum absolute atomic E-state index is 0. The molecule has 2 atom stereocenters. The van der Waals surface area contributed by atoms with E-state index >= 15 is 0 Å². The number of hydrogen-bond donors (Lipinski definition) is 2. The van der Waals surface area contributed by atoms with E-state index < -0.39 is 37.7 Å². The molecule has 1 amide bonds. The number of nitrogens with one attached hydrogen (secondary N) is 1. The molecule has 9 nitrogen and oxygen atoms in total. The second-order valence-corrected chi connectivity index (χ2v) is 12.0. The van der Waals surface area contributed by atoms with Gasteiger partial charge in [0.05, 0.1) is 16.9 Å². The Balaban J connectivity index is 0.00000385. The largest absolute Gasteiger partial charge is 0.457 e. The van der Waals surface area contributed by atoms with Crippen LogP contribution in [0.25, 0.3) is 0 Å². The second kappa shape index (κ2) is 11.0. The van der Waals surface area contributed by atoms with E-state index in [-0.39, 0.29) is 42.4 Å². The number of sulfone groups is 1. The number of sulfonamides is 1. The number of carbonyl (C=O) groups is 1. The molecule has 1 fully saturated rings. The number of hydroxylamine groups is 1. The third-order valence-electron chi connectivity index (χ3n) is 5.19. The van der Waals surface area contributed by atoms with Crippen LogP contribution in [0.3, 0.4) is 0 Å². The number of carbonyl (C=O) groups excluding carboxylic acids is 1. The van der Waals surface area contributed by atoms with E-state index in [2.05, 4.69) is 0 Å². The lowest BCUT2D eigenvalue weighted by Crippen LogP contribution is -2.53. The molecule has 1 heterocycles. The van der Waals surface area contributed by atoms with Gasteiger partial charge in [0.1, 0.15) is 17.5 Å². The van der Waals surface area contributed by atoms with Crippen LogP contribution in [0, 0.1) is 5.92 Å². The fraction of sp³-hybridized carbons (Fsp3) is 0.350. The van der Waals surface area contributed by atoms with E-state index in [9.17, 15) is 21.6 Å². The van der Waals surface area contributed by atoms with Gasteiger partial charge in [-0.1, -0.05) is 11.6 Å². The predicted molar refractivity (Wildman–Crippen MR) is 125 cm³/mol. The van der Waals surface area contributed by atoms with Gasteiger partial charge < -0.3 is 4.74 Å². The summed E-state index contributed by atoms with van der Waals surface area (Å²) >= 11 is 5.84. The molecule has 0 aromatic heterocycles. The summed E-state index contributed by atoms with van der Waals surface area (Å²) in [5.74, 6) is -0.591. The maximum atomic E-state index is 12.9. The number of benzene rings is 2. The number of nitrogens with zero attached hydrogens (tertiary/aromatic N) is 1. The molecular formula is C20H24Cl2N2O7S2. The first-order chi connectivity index (χ1) is 15.0. The van der Waals surface area contributed by atoms with Gasteiger partial charge in [-0.3, -0.25) is 10.0 Å². The average Bonchev–Trinajstić information content (AvgIpc) is 2.74. The number of amides is 1. The quantitative estimate of drug-likeness (QED) is 0.409. The van der Waals surface area contributed by atoms with E-state index in [0.717, 1.165) is 10.6 Å². The van der Waals surface area contributed by atoms with Crippen molar-refractivity contribution in [3.05, 3.63) is 53.6 Å². The van der Waals surface area contributed by atoms with Crippen LogP contribution in [-0.2, 0) is 24.7 Å². The fourth-order valence-corrected chi connectivity index (χ4v) is 6.51. The molecule has 0 saturated carbocycles. The van der Waals surface area contributed by atoms with Crippen LogP contribution in [0.5, 0.6) is 11.5 Å². The van der Waals surface area contributed by atoms with Gasteiger partial charge in [-0.15, -0.1) is 12.4 Å². The molecule has 182 valence electrons. The summed E-state index contributed by atoms with van der Waals surface area (Å²) in [5, 5.41) is 9.52. The van der Waals surface area contributed by atoms with Crippen molar-refractivity contribution < 1.29 is 31.6 Å². The number of ether oxygens (including phenoxy) is 1. The van der Waals surface area contributed by atoms with Crippen molar-refractivity contribution in [2.24, 2.45) is 5.92 Å². The summed E-state index contributed by atoms with van der Waals surface area (Å²) < 4.78 is 56.3. The van der Waals surface area contributed by atoms with Gasteiger partial charge in [-0.2, -0.15) is 4.31 Å². The predicted octanol–water partition coefficient (Wildman–Crippen LogP) is 2.87. The first-order valence-corrected chi connectivity index (χ1v) is 13.5. The Morgan fingerprint density at radius 2 is 1.64 bits per heavy atom. The lowest BCUT2D eigenvalue weighted by Gasteiger charge is -2.36. The highest BCUT2D eigenvalue weighted by Crippen LogP contribution is 2.29. The van der Waals surface area contributed by atoms with Crippen LogP contribution < -0.4 is 10.2 Å². The van der Waals surface area contributed by atoms with Crippen LogP contribution in [0.15, 0.2) is 53.4 Å². The van der Waals surface area contributed by atoms with E-state index in [0.29, 0.717) is 16.5 Å². The highest BCUT2D eigenvalue weighted by molar-refractivity contribution is 7.91. The minimum atomic E-state index is -3.70. The third kappa shape index (κ3) is 7.05. The van der Waals surface area contributed by atoms with Gasteiger partial charge >= 0.3 is 0 Å². The number of hydrogen-bond acceptors (Lipinski definition) is 7. The molecule has 2 aromatic carbocycles. The first kappa shape index (κ1) is 27.4. The van der Waals surface area contributed by atoms with Crippen molar-refractivity contribution in [3.8, 4) is 11.5 Å². The van der Waals surface area contributed by atoms with E-state index in [1.807, 2.05) is 0 Å². The molecule has 0 radical (unpaired) electrons. The summed E-state index contributed by atoms with van der Waals surface area (Å²) in [5.41, 5.74) is 1.47. The van der Waals surface area contributed by atoms with Crippen molar-refractivity contribution >= 4 is 49.8 Å². The highest BCUT2D eigenvalue weighted by atomic mass is 35.5. The molecule has 1 saturated heterocycles. The molecule has 0 bridgehead atoms. The van der Waals surface area contributed by atoms with Crippen molar-refractivity contribution in [2.75, 3.05) is 18.6 Å². The summed E-state index contributed by atoms with van der Waals surface area (Å²) in [4.78, 5) is 12.1. The normalized spacial score (nSPS) is 19.4. The van der Waals surface area contributed by atoms with Crippen LogP contribution in [0.1, 0.15) is 12.8 Å². The van der Waals surface area contributed by atoms with Gasteiger partial charge in [-0.25, -0.2) is 22.3 Å². The minimum Gasteiger partial charge on any atom is -0.457 e. The zero-order valence-electron chi connectivity index (χ0n) is 17.5. The van der Waals surface area contributed by atoms with E-state index in [1.165, 1.54) is 29.7 Å². The van der Waals surface area contributed by atoms with Crippen molar-refractivity contribution in [2.45, 2.75) is 23.8 Å². The highest BCUT2D eigenvalue weighted by Gasteiger charge is 2.39. The van der Waals surface area contributed by atoms with Gasteiger partial charge in [-0.05, 0) is 67.3 Å². The Morgan fingerprint density at radius 3 is 2.15 bits per heavy atom. The zero-order valence-corrected chi connectivity index (χ0v) is 20.8. The maximum Gasteiger partial charge on any atom is 0.261 e.